The molecule has 0 spiro atoms. The first-order chi connectivity index (χ1) is 11.8. The van der Waals surface area contributed by atoms with Gasteiger partial charge in [-0.25, -0.2) is 4.99 Å². The Hall–Kier alpha value is -1.95. The van der Waals surface area contributed by atoms with Crippen LogP contribution in [0.15, 0.2) is 23.2 Å². The van der Waals surface area contributed by atoms with E-state index < -0.39 is 0 Å². The lowest BCUT2D eigenvalue weighted by Crippen LogP contribution is -2.40. The highest BCUT2D eigenvalue weighted by molar-refractivity contribution is 5.79. The van der Waals surface area contributed by atoms with Crippen molar-refractivity contribution in [3.8, 4) is 11.5 Å². The number of hydrogen-bond donors (Lipinski definition) is 2. The average Bonchev–Trinajstić information content (AvgIpc) is 3.25. The molecule has 2 heterocycles. The zero-order chi connectivity index (χ0) is 16.8. The molecule has 1 atom stereocenters. The van der Waals surface area contributed by atoms with E-state index in [1.807, 2.05) is 18.2 Å². The van der Waals surface area contributed by atoms with Gasteiger partial charge in [-0.1, -0.05) is 13.0 Å². The fraction of sp³-hybridized carbons (Fsp3) is 0.611. The normalized spacial score (nSPS) is 20.4. The van der Waals surface area contributed by atoms with Crippen LogP contribution in [0.5, 0.6) is 11.5 Å². The number of aliphatic imine (C=N–C) groups is 1. The quantitative estimate of drug-likeness (QED) is 0.615. The number of ether oxygens (including phenoxy) is 2. The highest BCUT2D eigenvalue weighted by atomic mass is 16.7. The van der Waals surface area contributed by atoms with Gasteiger partial charge in [0, 0.05) is 19.6 Å². The van der Waals surface area contributed by atoms with Crippen LogP contribution >= 0.6 is 0 Å². The largest absolute Gasteiger partial charge is 0.454 e. The second-order valence-corrected chi connectivity index (χ2v) is 6.31. The van der Waals surface area contributed by atoms with Crippen LogP contribution in [0.4, 0.5) is 0 Å². The van der Waals surface area contributed by atoms with Gasteiger partial charge >= 0.3 is 0 Å². The lowest BCUT2D eigenvalue weighted by molar-refractivity contribution is 0.174. The van der Waals surface area contributed by atoms with Gasteiger partial charge in [-0.3, -0.25) is 0 Å². The molecule has 1 saturated heterocycles. The van der Waals surface area contributed by atoms with E-state index >= 15 is 0 Å². The predicted octanol–water partition coefficient (Wildman–Crippen LogP) is 1.81. The number of likely N-dealkylation sites (tertiary alicyclic amines) is 1. The molecular formula is C18H28N4O2. The van der Waals surface area contributed by atoms with E-state index in [-0.39, 0.29) is 0 Å². The van der Waals surface area contributed by atoms with E-state index in [1.165, 1.54) is 19.5 Å². The molecule has 2 N–H and O–H groups in total. The van der Waals surface area contributed by atoms with E-state index in [9.17, 15) is 0 Å². The highest BCUT2D eigenvalue weighted by Crippen LogP contribution is 2.32. The Morgan fingerprint density at radius 3 is 2.92 bits per heavy atom. The fourth-order valence-electron chi connectivity index (χ4n) is 3.16. The molecule has 2 aliphatic heterocycles. The summed E-state index contributed by atoms with van der Waals surface area (Å²) in [7, 11) is 0. The van der Waals surface area contributed by atoms with Crippen molar-refractivity contribution in [3.05, 3.63) is 23.8 Å². The smallest absolute Gasteiger partial charge is 0.231 e. The van der Waals surface area contributed by atoms with Crippen molar-refractivity contribution >= 4 is 5.96 Å². The summed E-state index contributed by atoms with van der Waals surface area (Å²) in [5, 5.41) is 6.81. The van der Waals surface area contributed by atoms with E-state index in [4.69, 9.17) is 14.5 Å². The Morgan fingerprint density at radius 2 is 2.12 bits per heavy atom. The molecule has 0 aliphatic carbocycles. The van der Waals surface area contributed by atoms with E-state index in [2.05, 4.69) is 29.4 Å². The summed E-state index contributed by atoms with van der Waals surface area (Å²) in [4.78, 5) is 7.20. The summed E-state index contributed by atoms with van der Waals surface area (Å²) in [5.41, 5.74) is 1.12. The number of benzene rings is 1. The van der Waals surface area contributed by atoms with Crippen molar-refractivity contribution in [3.63, 3.8) is 0 Å². The van der Waals surface area contributed by atoms with Crippen LogP contribution in [-0.4, -0.2) is 50.4 Å². The number of hydrogen-bond acceptors (Lipinski definition) is 4. The van der Waals surface area contributed by atoms with E-state index in [1.54, 1.807) is 0 Å². The average molecular weight is 332 g/mol. The van der Waals surface area contributed by atoms with Crippen molar-refractivity contribution in [2.45, 2.75) is 26.8 Å². The third kappa shape index (κ3) is 4.32. The molecule has 1 aromatic rings. The second kappa shape index (κ2) is 8.24. The molecule has 24 heavy (non-hydrogen) atoms. The monoisotopic (exact) mass is 332 g/mol. The minimum atomic E-state index is 0.308. The summed E-state index contributed by atoms with van der Waals surface area (Å²) >= 11 is 0. The summed E-state index contributed by atoms with van der Waals surface area (Å²) in [6.45, 7) is 10.6. The van der Waals surface area contributed by atoms with Gasteiger partial charge in [-0.15, -0.1) is 0 Å². The molecule has 6 nitrogen and oxygen atoms in total. The molecule has 0 bridgehead atoms. The zero-order valence-corrected chi connectivity index (χ0v) is 14.7. The van der Waals surface area contributed by atoms with Crippen LogP contribution in [0, 0.1) is 5.92 Å². The standard InChI is InChI=1S/C18H28N4O2/c1-3-19-18(21-11-15-7-8-22(4-2)12-15)20-10-14-5-6-16-17(9-14)24-13-23-16/h5-6,9,15H,3-4,7-8,10-13H2,1-2H3,(H2,19,20,21). The Kier molecular flexibility index (Phi) is 5.80. The van der Waals surface area contributed by atoms with Gasteiger partial charge in [0.25, 0.3) is 0 Å². The summed E-state index contributed by atoms with van der Waals surface area (Å²) < 4.78 is 10.8. The molecule has 6 heteroatoms. The van der Waals surface area contributed by atoms with Gasteiger partial charge in [0.1, 0.15) is 0 Å². The Bertz CT molecular complexity index is 576. The molecule has 2 aliphatic rings. The predicted molar refractivity (Wildman–Crippen MR) is 95.6 cm³/mol. The first-order valence-corrected chi connectivity index (χ1v) is 8.91. The molecule has 1 aromatic carbocycles. The molecule has 0 saturated carbocycles. The van der Waals surface area contributed by atoms with Crippen molar-refractivity contribution in [2.75, 3.05) is 39.5 Å². The zero-order valence-electron chi connectivity index (χ0n) is 14.7. The van der Waals surface area contributed by atoms with Crippen molar-refractivity contribution < 1.29 is 9.47 Å². The maximum Gasteiger partial charge on any atom is 0.231 e. The van der Waals surface area contributed by atoms with Gasteiger partial charge in [0.05, 0.1) is 6.54 Å². The van der Waals surface area contributed by atoms with E-state index in [0.717, 1.165) is 42.7 Å². The van der Waals surface area contributed by atoms with Crippen LogP contribution in [0.1, 0.15) is 25.8 Å². The topological polar surface area (TPSA) is 58.1 Å². The van der Waals surface area contributed by atoms with Crippen LogP contribution in [0.25, 0.3) is 0 Å². The number of guanidine groups is 1. The SMILES string of the molecule is CCNC(=NCc1ccc2c(c1)OCO2)NCC1CCN(CC)C1. The van der Waals surface area contributed by atoms with Crippen LogP contribution in [0.3, 0.4) is 0 Å². The molecule has 1 fully saturated rings. The van der Waals surface area contributed by atoms with Crippen molar-refractivity contribution in [1.29, 1.82) is 0 Å². The molecule has 0 amide bonds. The van der Waals surface area contributed by atoms with Crippen molar-refractivity contribution in [2.24, 2.45) is 10.9 Å². The number of fused-ring (bicyclic) bond motifs is 1. The maximum absolute atomic E-state index is 5.42. The molecule has 0 aromatic heterocycles. The fourth-order valence-corrected chi connectivity index (χ4v) is 3.16. The summed E-state index contributed by atoms with van der Waals surface area (Å²) in [6.07, 6.45) is 1.27. The summed E-state index contributed by atoms with van der Waals surface area (Å²) in [6, 6.07) is 5.99. The molecule has 0 radical (unpaired) electrons. The Balaban J connectivity index is 1.53. The van der Waals surface area contributed by atoms with Crippen LogP contribution in [-0.2, 0) is 6.54 Å². The van der Waals surface area contributed by atoms with Gasteiger partial charge in [-0.2, -0.15) is 0 Å². The maximum atomic E-state index is 5.42. The van der Waals surface area contributed by atoms with Gasteiger partial charge in [0.2, 0.25) is 6.79 Å². The lowest BCUT2D eigenvalue weighted by atomic mass is 10.1. The molecule has 132 valence electrons. The first kappa shape index (κ1) is 16.9. The van der Waals surface area contributed by atoms with Gasteiger partial charge < -0.3 is 25.0 Å². The minimum Gasteiger partial charge on any atom is -0.454 e. The van der Waals surface area contributed by atoms with Gasteiger partial charge in [-0.05, 0) is 50.0 Å². The van der Waals surface area contributed by atoms with Crippen LogP contribution < -0.4 is 20.1 Å². The highest BCUT2D eigenvalue weighted by Gasteiger charge is 2.21. The third-order valence-corrected chi connectivity index (χ3v) is 4.58. The molecular weight excluding hydrogens is 304 g/mol. The third-order valence-electron chi connectivity index (χ3n) is 4.58. The second-order valence-electron chi connectivity index (χ2n) is 6.31. The van der Waals surface area contributed by atoms with Crippen molar-refractivity contribution in [1.82, 2.24) is 15.5 Å². The molecule has 1 unspecified atom stereocenters. The lowest BCUT2D eigenvalue weighted by Gasteiger charge is -2.16. The molecule has 3 rings (SSSR count). The van der Waals surface area contributed by atoms with Gasteiger partial charge in [0.15, 0.2) is 17.5 Å². The minimum absolute atomic E-state index is 0.308. The number of nitrogens with zero attached hydrogens (tertiary/aromatic N) is 2. The Morgan fingerprint density at radius 1 is 1.25 bits per heavy atom. The number of nitrogens with one attached hydrogen (secondary N) is 2. The Labute approximate surface area is 144 Å². The number of rotatable bonds is 6. The summed E-state index contributed by atoms with van der Waals surface area (Å²) in [5.74, 6) is 3.21. The van der Waals surface area contributed by atoms with E-state index in [0.29, 0.717) is 19.3 Å². The first-order valence-electron chi connectivity index (χ1n) is 8.91. The van der Waals surface area contributed by atoms with Crippen LogP contribution in [0.2, 0.25) is 0 Å².